The highest BCUT2D eigenvalue weighted by Crippen LogP contribution is 2.26. The Hall–Kier alpha value is -0.470. The predicted octanol–water partition coefficient (Wildman–Crippen LogP) is 2.87. The third-order valence-electron chi connectivity index (χ3n) is 2.61. The second-order valence-corrected chi connectivity index (χ2v) is 4.47. The minimum atomic E-state index is 0.802. The van der Waals surface area contributed by atoms with Gasteiger partial charge in [-0.2, -0.15) is 0 Å². The fourth-order valence-corrected chi connectivity index (χ4v) is 2.58. The lowest BCUT2D eigenvalue weighted by molar-refractivity contribution is 0.507. The highest BCUT2D eigenvalue weighted by molar-refractivity contribution is 7.97. The third kappa shape index (κ3) is 2.06. The molecular formula is C11H15NS. The van der Waals surface area contributed by atoms with Crippen molar-refractivity contribution in [2.45, 2.75) is 24.7 Å². The van der Waals surface area contributed by atoms with Crippen molar-refractivity contribution in [3.63, 3.8) is 0 Å². The molecule has 1 atom stereocenters. The minimum absolute atomic E-state index is 0.802. The van der Waals surface area contributed by atoms with E-state index in [1.54, 1.807) is 11.9 Å². The predicted molar refractivity (Wildman–Crippen MR) is 57.8 cm³/mol. The van der Waals surface area contributed by atoms with Crippen molar-refractivity contribution in [1.82, 2.24) is 4.72 Å². The molecule has 2 rings (SSSR count). The summed E-state index contributed by atoms with van der Waals surface area (Å²) in [5, 5.41) is 0. The summed E-state index contributed by atoms with van der Waals surface area (Å²) >= 11 is 1.78. The summed E-state index contributed by atoms with van der Waals surface area (Å²) < 4.78 is 3.42. The van der Waals surface area contributed by atoms with Crippen molar-refractivity contribution in [2.75, 3.05) is 6.54 Å². The van der Waals surface area contributed by atoms with E-state index in [-0.39, 0.29) is 0 Å². The molecule has 1 aromatic carbocycles. The summed E-state index contributed by atoms with van der Waals surface area (Å²) in [5.41, 5.74) is 1.50. The number of nitrogens with one attached hydrogen (secondary N) is 1. The van der Waals surface area contributed by atoms with Gasteiger partial charge in [0.2, 0.25) is 0 Å². The largest absolute Gasteiger partial charge is 0.260 e. The van der Waals surface area contributed by atoms with Crippen molar-refractivity contribution in [1.29, 1.82) is 0 Å². The van der Waals surface area contributed by atoms with Crippen molar-refractivity contribution >= 4 is 11.9 Å². The van der Waals surface area contributed by atoms with E-state index in [9.17, 15) is 0 Å². The molecule has 13 heavy (non-hydrogen) atoms. The van der Waals surface area contributed by atoms with E-state index in [0.717, 1.165) is 12.5 Å². The fraction of sp³-hybridized carbons (Fsp3) is 0.455. The highest BCUT2D eigenvalue weighted by atomic mass is 32.2. The molecule has 0 saturated carbocycles. The molecule has 0 aromatic heterocycles. The monoisotopic (exact) mass is 193 g/mol. The summed E-state index contributed by atoms with van der Waals surface area (Å²) in [7, 11) is 0. The van der Waals surface area contributed by atoms with Gasteiger partial charge < -0.3 is 0 Å². The maximum atomic E-state index is 3.42. The summed E-state index contributed by atoms with van der Waals surface area (Å²) in [4.78, 5) is 1.40. The highest BCUT2D eigenvalue weighted by Gasteiger charge is 2.14. The van der Waals surface area contributed by atoms with Gasteiger partial charge >= 0.3 is 0 Å². The average molecular weight is 193 g/mol. The molecule has 0 radical (unpaired) electrons. The van der Waals surface area contributed by atoms with Crippen LogP contribution in [0.3, 0.4) is 0 Å². The first-order valence-corrected chi connectivity index (χ1v) is 5.69. The first-order chi connectivity index (χ1) is 6.40. The number of rotatable bonds is 1. The van der Waals surface area contributed by atoms with Gasteiger partial charge in [0.05, 0.1) is 0 Å². The lowest BCUT2D eigenvalue weighted by Gasteiger charge is -2.10. The zero-order valence-electron chi connectivity index (χ0n) is 7.92. The number of benzene rings is 1. The van der Waals surface area contributed by atoms with Gasteiger partial charge in [-0.3, -0.25) is 4.72 Å². The van der Waals surface area contributed by atoms with Crippen LogP contribution in [-0.2, 0) is 6.42 Å². The van der Waals surface area contributed by atoms with E-state index >= 15 is 0 Å². The first kappa shape index (κ1) is 9.10. The number of hydrogen-bond donors (Lipinski definition) is 1. The summed E-state index contributed by atoms with van der Waals surface area (Å²) in [5.74, 6) is 0.802. The Morgan fingerprint density at radius 1 is 1.46 bits per heavy atom. The Morgan fingerprint density at radius 2 is 2.31 bits per heavy atom. The SMILES string of the molecule is CC[C@H]1CNSc2ccccc2C1. The molecule has 0 amide bonds. The lowest BCUT2D eigenvalue weighted by atomic mass is 9.97. The summed E-state index contributed by atoms with van der Waals surface area (Å²) in [6.07, 6.45) is 2.49. The first-order valence-electron chi connectivity index (χ1n) is 4.87. The molecular weight excluding hydrogens is 178 g/mol. The maximum Gasteiger partial charge on any atom is 0.0260 e. The van der Waals surface area contributed by atoms with Crippen LogP contribution in [0.2, 0.25) is 0 Å². The molecule has 0 fully saturated rings. The van der Waals surface area contributed by atoms with E-state index < -0.39 is 0 Å². The van der Waals surface area contributed by atoms with Gasteiger partial charge in [-0.15, -0.1) is 0 Å². The molecule has 0 saturated heterocycles. The van der Waals surface area contributed by atoms with Gasteiger partial charge in [0, 0.05) is 11.4 Å². The fourth-order valence-electron chi connectivity index (χ4n) is 1.68. The Bertz CT molecular complexity index is 285. The van der Waals surface area contributed by atoms with Gasteiger partial charge in [-0.25, -0.2) is 0 Å². The Balaban J connectivity index is 2.23. The van der Waals surface area contributed by atoms with Crippen LogP contribution in [0.4, 0.5) is 0 Å². The normalized spacial score (nSPS) is 22.1. The Kier molecular flexibility index (Phi) is 2.91. The second kappa shape index (κ2) is 4.16. The van der Waals surface area contributed by atoms with Gasteiger partial charge in [-0.05, 0) is 35.9 Å². The molecule has 1 nitrogen and oxygen atoms in total. The molecule has 1 aliphatic heterocycles. The topological polar surface area (TPSA) is 12.0 Å². The molecule has 1 aromatic rings. The quantitative estimate of drug-likeness (QED) is 0.688. The number of fused-ring (bicyclic) bond motifs is 1. The third-order valence-corrected chi connectivity index (χ3v) is 3.54. The standard InChI is InChI=1S/C11H15NS/c1-2-9-7-10-5-3-4-6-11(10)13-12-8-9/h3-6,9,12H,2,7-8H2,1H3/t9-/m1/s1. The zero-order chi connectivity index (χ0) is 9.10. The molecule has 1 aliphatic rings. The average Bonchev–Trinajstić information content (AvgIpc) is 2.38. The van der Waals surface area contributed by atoms with E-state index in [0.29, 0.717) is 0 Å². The van der Waals surface area contributed by atoms with Gasteiger partial charge in [-0.1, -0.05) is 31.5 Å². The molecule has 0 spiro atoms. The zero-order valence-corrected chi connectivity index (χ0v) is 8.73. The molecule has 1 heterocycles. The van der Waals surface area contributed by atoms with Crippen LogP contribution in [0, 0.1) is 5.92 Å². The van der Waals surface area contributed by atoms with Crippen LogP contribution < -0.4 is 4.72 Å². The summed E-state index contributed by atoms with van der Waals surface area (Å²) in [6.45, 7) is 3.40. The van der Waals surface area contributed by atoms with Crippen LogP contribution in [0.1, 0.15) is 18.9 Å². The Morgan fingerprint density at radius 3 is 3.15 bits per heavy atom. The molecule has 70 valence electrons. The van der Waals surface area contributed by atoms with Gasteiger partial charge in [0.1, 0.15) is 0 Å². The lowest BCUT2D eigenvalue weighted by Crippen LogP contribution is -2.15. The van der Waals surface area contributed by atoms with Crippen LogP contribution in [-0.4, -0.2) is 6.54 Å². The van der Waals surface area contributed by atoms with E-state index in [2.05, 4.69) is 35.9 Å². The molecule has 0 unspecified atom stereocenters. The smallest absolute Gasteiger partial charge is 0.0260 e. The van der Waals surface area contributed by atoms with E-state index in [4.69, 9.17) is 0 Å². The second-order valence-electron chi connectivity index (χ2n) is 3.54. The number of hydrogen-bond acceptors (Lipinski definition) is 2. The van der Waals surface area contributed by atoms with Crippen molar-refractivity contribution < 1.29 is 0 Å². The molecule has 1 N–H and O–H groups in total. The minimum Gasteiger partial charge on any atom is -0.260 e. The van der Waals surface area contributed by atoms with Crippen molar-refractivity contribution in [3.05, 3.63) is 29.8 Å². The van der Waals surface area contributed by atoms with Gasteiger partial charge in [0.15, 0.2) is 0 Å². The maximum absolute atomic E-state index is 3.42. The molecule has 0 bridgehead atoms. The van der Waals surface area contributed by atoms with Crippen LogP contribution in [0.15, 0.2) is 29.2 Å². The van der Waals surface area contributed by atoms with E-state index in [1.165, 1.54) is 23.3 Å². The Labute approximate surface area is 84.1 Å². The summed E-state index contributed by atoms with van der Waals surface area (Å²) in [6, 6.07) is 8.69. The van der Waals surface area contributed by atoms with E-state index in [1.807, 2.05) is 0 Å². The van der Waals surface area contributed by atoms with Crippen LogP contribution >= 0.6 is 11.9 Å². The molecule has 0 aliphatic carbocycles. The van der Waals surface area contributed by atoms with Crippen LogP contribution in [0.5, 0.6) is 0 Å². The van der Waals surface area contributed by atoms with Crippen LogP contribution in [0.25, 0.3) is 0 Å². The van der Waals surface area contributed by atoms with Gasteiger partial charge in [0.25, 0.3) is 0 Å². The van der Waals surface area contributed by atoms with Crippen molar-refractivity contribution in [2.24, 2.45) is 5.92 Å². The molecule has 2 heteroatoms. The van der Waals surface area contributed by atoms with Crippen molar-refractivity contribution in [3.8, 4) is 0 Å².